The Morgan fingerprint density at radius 2 is 1.83 bits per heavy atom. The molecule has 0 saturated heterocycles. The van der Waals surface area contributed by atoms with Crippen LogP contribution in [0, 0.1) is 6.92 Å². The van der Waals surface area contributed by atoms with Crippen molar-refractivity contribution in [3.05, 3.63) is 82.0 Å². The first-order valence-electron chi connectivity index (χ1n) is 7.34. The third kappa shape index (κ3) is 3.63. The molecule has 0 unspecified atom stereocenters. The normalized spacial score (nSPS) is 11.7. The number of hydrogen-bond donors (Lipinski definition) is 0. The highest BCUT2D eigenvalue weighted by Crippen LogP contribution is 2.23. The molecule has 0 fully saturated rings. The molecule has 1 aromatic heterocycles. The zero-order valence-electron chi connectivity index (χ0n) is 12.9. The minimum atomic E-state index is 0.714. The fourth-order valence-electron chi connectivity index (χ4n) is 2.31. The predicted octanol–water partition coefficient (Wildman–Crippen LogP) is 5.60. The van der Waals surface area contributed by atoms with Crippen molar-refractivity contribution in [2.45, 2.75) is 13.5 Å². The summed E-state index contributed by atoms with van der Waals surface area (Å²) < 4.78 is 2.17. The van der Waals surface area contributed by atoms with Crippen LogP contribution in [0.3, 0.4) is 0 Å². The van der Waals surface area contributed by atoms with Crippen LogP contribution < -0.4 is 4.80 Å². The lowest BCUT2D eigenvalue weighted by Crippen LogP contribution is -2.14. The summed E-state index contributed by atoms with van der Waals surface area (Å²) in [5.74, 6) is 0. The molecule has 0 aliphatic heterocycles. The van der Waals surface area contributed by atoms with E-state index in [1.54, 1.807) is 11.3 Å². The molecule has 0 aliphatic rings. The van der Waals surface area contributed by atoms with Gasteiger partial charge in [0.15, 0.2) is 4.80 Å². The third-order valence-electron chi connectivity index (χ3n) is 3.51. The molecule has 0 saturated carbocycles. The average Bonchev–Trinajstić information content (AvgIpc) is 2.94. The lowest BCUT2D eigenvalue weighted by atomic mass is 10.2. The predicted molar refractivity (Wildman–Crippen MR) is 99.4 cm³/mol. The van der Waals surface area contributed by atoms with Crippen LogP contribution in [-0.4, -0.2) is 4.57 Å². The highest BCUT2D eigenvalue weighted by atomic mass is 35.5. The van der Waals surface area contributed by atoms with Gasteiger partial charge in [-0.05, 0) is 36.8 Å². The second-order valence-corrected chi connectivity index (χ2v) is 6.53. The molecule has 0 bridgehead atoms. The molecular weight excluding hydrogens is 324 g/mol. The van der Waals surface area contributed by atoms with Gasteiger partial charge in [-0.1, -0.05) is 47.5 Å². The zero-order chi connectivity index (χ0) is 16.2. The summed E-state index contributed by atoms with van der Waals surface area (Å²) in [6.07, 6.45) is 1.89. The number of aryl methyl sites for hydroxylation is 1. The van der Waals surface area contributed by atoms with Crippen LogP contribution in [0.25, 0.3) is 11.3 Å². The number of benzene rings is 2. The second kappa shape index (κ2) is 6.99. The number of hydrogen-bond acceptors (Lipinski definition) is 2. The van der Waals surface area contributed by atoms with Crippen molar-refractivity contribution < 1.29 is 0 Å². The molecule has 2 nitrogen and oxygen atoms in total. The van der Waals surface area contributed by atoms with Crippen LogP contribution >= 0.6 is 22.9 Å². The first kappa shape index (κ1) is 15.8. The maximum atomic E-state index is 5.99. The number of rotatable bonds is 4. The molecule has 3 rings (SSSR count). The Labute approximate surface area is 145 Å². The van der Waals surface area contributed by atoms with Crippen LogP contribution in [0.5, 0.6) is 0 Å². The van der Waals surface area contributed by atoms with E-state index in [-0.39, 0.29) is 0 Å². The van der Waals surface area contributed by atoms with E-state index < -0.39 is 0 Å². The fourth-order valence-corrected chi connectivity index (χ4v) is 3.37. The van der Waals surface area contributed by atoms with E-state index in [0.29, 0.717) is 6.54 Å². The number of nitrogens with zero attached hydrogens (tertiary/aromatic N) is 2. The zero-order valence-corrected chi connectivity index (χ0v) is 14.4. The Balaban J connectivity index is 2.09. The fraction of sp³-hybridized carbons (Fsp3) is 0.105. The van der Waals surface area contributed by atoms with Gasteiger partial charge in [0.25, 0.3) is 0 Å². The number of thiazole rings is 1. The molecule has 1 heterocycles. The minimum absolute atomic E-state index is 0.714. The molecule has 3 aromatic rings. The van der Waals surface area contributed by atoms with E-state index >= 15 is 0 Å². The summed E-state index contributed by atoms with van der Waals surface area (Å²) in [5, 5.41) is 2.86. The van der Waals surface area contributed by atoms with Crippen molar-refractivity contribution in [2.24, 2.45) is 4.99 Å². The minimum Gasteiger partial charge on any atom is -0.313 e. The van der Waals surface area contributed by atoms with Gasteiger partial charge in [0.1, 0.15) is 0 Å². The van der Waals surface area contributed by atoms with E-state index in [0.717, 1.165) is 26.8 Å². The Bertz CT molecular complexity index is 871. The number of allylic oxidation sites excluding steroid dienone is 1. The van der Waals surface area contributed by atoms with Gasteiger partial charge in [-0.3, -0.25) is 0 Å². The standard InChI is InChI=1S/C19H17ClN2S/c1-3-12-22-18(15-6-8-16(20)9-7-15)13-23-19(22)21-17-10-4-14(2)5-11-17/h3-11,13H,1,12H2,2H3. The Kier molecular flexibility index (Phi) is 4.79. The highest BCUT2D eigenvalue weighted by Gasteiger charge is 2.07. The van der Waals surface area contributed by atoms with Gasteiger partial charge in [-0.15, -0.1) is 17.9 Å². The molecule has 0 aliphatic carbocycles. The van der Waals surface area contributed by atoms with E-state index in [1.807, 2.05) is 42.5 Å². The molecule has 4 heteroatoms. The van der Waals surface area contributed by atoms with Crippen molar-refractivity contribution in [3.8, 4) is 11.3 Å². The molecule has 116 valence electrons. The van der Waals surface area contributed by atoms with Crippen molar-refractivity contribution in [1.29, 1.82) is 0 Å². The average molecular weight is 341 g/mol. The first-order valence-corrected chi connectivity index (χ1v) is 8.59. The summed E-state index contributed by atoms with van der Waals surface area (Å²) in [5.41, 5.74) is 4.43. The van der Waals surface area contributed by atoms with Gasteiger partial charge < -0.3 is 4.57 Å². The first-order chi connectivity index (χ1) is 11.2. The van der Waals surface area contributed by atoms with Gasteiger partial charge in [0.2, 0.25) is 0 Å². The Hall–Kier alpha value is -2.10. The van der Waals surface area contributed by atoms with Gasteiger partial charge >= 0.3 is 0 Å². The lowest BCUT2D eigenvalue weighted by molar-refractivity contribution is 0.800. The summed E-state index contributed by atoms with van der Waals surface area (Å²) in [4.78, 5) is 5.73. The highest BCUT2D eigenvalue weighted by molar-refractivity contribution is 7.07. The summed E-state index contributed by atoms with van der Waals surface area (Å²) >= 11 is 7.62. The van der Waals surface area contributed by atoms with E-state index in [9.17, 15) is 0 Å². The van der Waals surface area contributed by atoms with Gasteiger partial charge in [-0.2, -0.15) is 0 Å². The number of halogens is 1. The molecular formula is C19H17ClN2S. The van der Waals surface area contributed by atoms with Crippen LogP contribution in [0.2, 0.25) is 5.02 Å². The van der Waals surface area contributed by atoms with E-state index in [4.69, 9.17) is 16.6 Å². The quantitative estimate of drug-likeness (QED) is 0.550. The SMILES string of the molecule is C=CCn1c(-c2ccc(Cl)cc2)csc1=Nc1ccc(C)cc1. The smallest absolute Gasteiger partial charge is 0.190 e. The molecule has 2 aromatic carbocycles. The van der Waals surface area contributed by atoms with Crippen molar-refractivity contribution in [1.82, 2.24) is 4.57 Å². The topological polar surface area (TPSA) is 17.3 Å². The maximum Gasteiger partial charge on any atom is 0.190 e. The van der Waals surface area contributed by atoms with Gasteiger partial charge in [-0.25, -0.2) is 4.99 Å². The molecule has 0 atom stereocenters. The van der Waals surface area contributed by atoms with Crippen LogP contribution in [0.15, 0.2) is 71.6 Å². The second-order valence-electron chi connectivity index (χ2n) is 5.26. The third-order valence-corrected chi connectivity index (χ3v) is 4.62. The van der Waals surface area contributed by atoms with E-state index in [1.165, 1.54) is 5.56 Å². The van der Waals surface area contributed by atoms with Crippen molar-refractivity contribution in [2.75, 3.05) is 0 Å². The van der Waals surface area contributed by atoms with Crippen molar-refractivity contribution >= 4 is 28.6 Å². The summed E-state index contributed by atoms with van der Waals surface area (Å²) in [6.45, 7) is 6.65. The molecule has 0 N–H and O–H groups in total. The molecule has 0 spiro atoms. The summed E-state index contributed by atoms with van der Waals surface area (Å²) in [7, 11) is 0. The van der Waals surface area contributed by atoms with Gasteiger partial charge in [0.05, 0.1) is 11.4 Å². The molecule has 23 heavy (non-hydrogen) atoms. The molecule has 0 amide bonds. The van der Waals surface area contributed by atoms with Crippen LogP contribution in [0.1, 0.15) is 5.56 Å². The molecule has 0 radical (unpaired) electrons. The lowest BCUT2D eigenvalue weighted by Gasteiger charge is -2.06. The summed E-state index contributed by atoms with van der Waals surface area (Å²) in [6, 6.07) is 16.1. The number of aromatic nitrogens is 1. The van der Waals surface area contributed by atoms with Crippen LogP contribution in [0.4, 0.5) is 5.69 Å². The van der Waals surface area contributed by atoms with Crippen LogP contribution in [-0.2, 0) is 6.54 Å². The monoisotopic (exact) mass is 340 g/mol. The Morgan fingerprint density at radius 3 is 2.48 bits per heavy atom. The van der Waals surface area contributed by atoms with Crippen molar-refractivity contribution in [3.63, 3.8) is 0 Å². The van der Waals surface area contributed by atoms with E-state index in [2.05, 4.69) is 35.6 Å². The Morgan fingerprint density at radius 1 is 1.13 bits per heavy atom. The largest absolute Gasteiger partial charge is 0.313 e. The maximum absolute atomic E-state index is 5.99. The van der Waals surface area contributed by atoms with Gasteiger partial charge in [0, 0.05) is 16.9 Å².